The standard InChI is InChI=1S/C11H13FN2O3/c12-9-2-1-8(7-10(9)13-11(15)16)14-3-5-17-6-4-14/h1-2,7,13H,3-6H2,(H,15,16). The minimum atomic E-state index is -1.27. The van der Waals surface area contributed by atoms with Crippen LogP contribution < -0.4 is 10.2 Å². The molecular weight excluding hydrogens is 227 g/mol. The molecule has 1 heterocycles. The second-order valence-electron chi connectivity index (χ2n) is 3.69. The number of halogens is 1. The first-order chi connectivity index (χ1) is 8.16. The van der Waals surface area contributed by atoms with Crippen LogP contribution in [0.5, 0.6) is 0 Å². The predicted molar refractivity (Wildman–Crippen MR) is 61.1 cm³/mol. The molecule has 0 atom stereocenters. The summed E-state index contributed by atoms with van der Waals surface area (Å²) in [5, 5.41) is 10.6. The Morgan fingerprint density at radius 3 is 2.76 bits per heavy atom. The third-order valence-electron chi connectivity index (χ3n) is 2.57. The molecule has 1 aromatic carbocycles. The molecule has 1 aliphatic rings. The van der Waals surface area contributed by atoms with Crippen LogP contribution in [-0.4, -0.2) is 37.5 Å². The SMILES string of the molecule is O=C(O)Nc1cc(N2CCOCC2)ccc1F. The van der Waals surface area contributed by atoms with Gasteiger partial charge >= 0.3 is 6.09 Å². The van der Waals surface area contributed by atoms with Crippen LogP contribution in [0.4, 0.5) is 20.6 Å². The van der Waals surface area contributed by atoms with Crippen LogP contribution in [0.15, 0.2) is 18.2 Å². The number of morpholine rings is 1. The summed E-state index contributed by atoms with van der Waals surface area (Å²) in [6.45, 7) is 2.69. The highest BCUT2D eigenvalue weighted by Gasteiger charge is 2.13. The maximum absolute atomic E-state index is 13.3. The van der Waals surface area contributed by atoms with Gasteiger partial charge in [0.15, 0.2) is 0 Å². The molecule has 0 saturated carbocycles. The molecule has 2 N–H and O–H groups in total. The van der Waals surface area contributed by atoms with Crippen molar-refractivity contribution >= 4 is 17.5 Å². The normalized spacial score (nSPS) is 15.7. The number of rotatable bonds is 2. The lowest BCUT2D eigenvalue weighted by Gasteiger charge is -2.29. The number of nitrogens with one attached hydrogen (secondary N) is 1. The number of amides is 1. The molecule has 0 unspecified atom stereocenters. The Labute approximate surface area is 97.8 Å². The Morgan fingerprint density at radius 1 is 1.41 bits per heavy atom. The summed E-state index contributed by atoms with van der Waals surface area (Å²) < 4.78 is 18.5. The Hall–Kier alpha value is -1.82. The number of hydrogen-bond acceptors (Lipinski definition) is 3. The molecule has 6 heteroatoms. The lowest BCUT2D eigenvalue weighted by Crippen LogP contribution is -2.36. The third kappa shape index (κ3) is 2.85. The number of carbonyl (C=O) groups is 1. The first kappa shape index (κ1) is 11.7. The smallest absolute Gasteiger partial charge is 0.409 e. The quantitative estimate of drug-likeness (QED) is 0.826. The van der Waals surface area contributed by atoms with Gasteiger partial charge in [0.2, 0.25) is 0 Å². The topological polar surface area (TPSA) is 61.8 Å². The Balaban J connectivity index is 2.20. The van der Waals surface area contributed by atoms with Gasteiger partial charge in [0.05, 0.1) is 18.9 Å². The highest BCUT2D eigenvalue weighted by Crippen LogP contribution is 2.23. The van der Waals surface area contributed by atoms with E-state index >= 15 is 0 Å². The fourth-order valence-corrected chi connectivity index (χ4v) is 1.74. The van der Waals surface area contributed by atoms with Gasteiger partial charge in [-0.2, -0.15) is 0 Å². The maximum atomic E-state index is 13.3. The van der Waals surface area contributed by atoms with Crippen molar-refractivity contribution in [2.45, 2.75) is 0 Å². The van der Waals surface area contributed by atoms with E-state index in [4.69, 9.17) is 9.84 Å². The Bertz CT molecular complexity index is 419. The first-order valence-corrected chi connectivity index (χ1v) is 5.29. The molecule has 2 rings (SSSR count). The van der Waals surface area contributed by atoms with E-state index in [9.17, 15) is 9.18 Å². The molecule has 1 fully saturated rings. The molecule has 0 aromatic heterocycles. The Kier molecular flexibility index (Phi) is 3.43. The van der Waals surface area contributed by atoms with Crippen molar-refractivity contribution in [3.63, 3.8) is 0 Å². The fourth-order valence-electron chi connectivity index (χ4n) is 1.74. The number of nitrogens with zero attached hydrogens (tertiary/aromatic N) is 1. The van der Waals surface area contributed by atoms with E-state index in [-0.39, 0.29) is 5.69 Å². The summed E-state index contributed by atoms with van der Waals surface area (Å²) in [5.41, 5.74) is 0.764. The molecule has 1 aromatic rings. The number of benzene rings is 1. The van der Waals surface area contributed by atoms with Gasteiger partial charge in [-0.15, -0.1) is 0 Å². The highest BCUT2D eigenvalue weighted by atomic mass is 19.1. The molecule has 0 spiro atoms. The minimum Gasteiger partial charge on any atom is -0.465 e. The average Bonchev–Trinajstić information content (AvgIpc) is 2.32. The molecule has 1 saturated heterocycles. The van der Waals surface area contributed by atoms with Crippen molar-refractivity contribution in [3.05, 3.63) is 24.0 Å². The zero-order valence-electron chi connectivity index (χ0n) is 9.15. The van der Waals surface area contributed by atoms with Crippen LogP contribution in [-0.2, 0) is 4.74 Å². The second-order valence-corrected chi connectivity index (χ2v) is 3.69. The molecule has 0 bridgehead atoms. The summed E-state index contributed by atoms with van der Waals surface area (Å²) in [7, 11) is 0. The summed E-state index contributed by atoms with van der Waals surface area (Å²) in [6.07, 6.45) is -1.27. The Morgan fingerprint density at radius 2 is 2.12 bits per heavy atom. The van der Waals surface area contributed by atoms with E-state index in [0.29, 0.717) is 13.2 Å². The first-order valence-electron chi connectivity index (χ1n) is 5.29. The summed E-state index contributed by atoms with van der Waals surface area (Å²) in [5.74, 6) is -0.579. The van der Waals surface area contributed by atoms with Crippen LogP contribution in [0.25, 0.3) is 0 Å². The number of carboxylic acid groups (broad SMARTS) is 1. The molecular formula is C11H13FN2O3. The van der Waals surface area contributed by atoms with E-state index in [1.165, 1.54) is 12.1 Å². The van der Waals surface area contributed by atoms with Crippen molar-refractivity contribution < 1.29 is 19.0 Å². The lowest BCUT2D eigenvalue weighted by atomic mass is 10.2. The van der Waals surface area contributed by atoms with Gasteiger partial charge < -0.3 is 14.7 Å². The summed E-state index contributed by atoms with van der Waals surface area (Å²) in [4.78, 5) is 12.5. The minimum absolute atomic E-state index is 0.0264. The van der Waals surface area contributed by atoms with Crippen LogP contribution in [0, 0.1) is 5.82 Å². The molecule has 1 aliphatic heterocycles. The molecule has 92 valence electrons. The van der Waals surface area contributed by atoms with E-state index < -0.39 is 11.9 Å². The molecule has 17 heavy (non-hydrogen) atoms. The van der Waals surface area contributed by atoms with Crippen LogP contribution in [0.3, 0.4) is 0 Å². The average molecular weight is 240 g/mol. The van der Waals surface area contributed by atoms with Crippen molar-refractivity contribution in [1.82, 2.24) is 0 Å². The van der Waals surface area contributed by atoms with Crippen molar-refractivity contribution in [3.8, 4) is 0 Å². The van der Waals surface area contributed by atoms with Crippen molar-refractivity contribution in [2.75, 3.05) is 36.5 Å². The highest BCUT2D eigenvalue weighted by molar-refractivity contribution is 5.84. The van der Waals surface area contributed by atoms with Gasteiger partial charge in [-0.25, -0.2) is 9.18 Å². The van der Waals surface area contributed by atoms with Gasteiger partial charge in [-0.05, 0) is 18.2 Å². The second kappa shape index (κ2) is 5.01. The summed E-state index contributed by atoms with van der Waals surface area (Å²) in [6, 6.07) is 4.39. The van der Waals surface area contributed by atoms with Crippen LogP contribution >= 0.6 is 0 Å². The van der Waals surface area contributed by atoms with E-state index in [0.717, 1.165) is 18.8 Å². The van der Waals surface area contributed by atoms with E-state index in [1.807, 2.05) is 10.2 Å². The van der Waals surface area contributed by atoms with Gasteiger partial charge in [-0.3, -0.25) is 5.32 Å². The van der Waals surface area contributed by atoms with E-state index in [1.54, 1.807) is 6.07 Å². The lowest BCUT2D eigenvalue weighted by molar-refractivity contribution is 0.122. The predicted octanol–water partition coefficient (Wildman–Crippen LogP) is 1.75. The van der Waals surface area contributed by atoms with Crippen LogP contribution in [0.1, 0.15) is 0 Å². The van der Waals surface area contributed by atoms with Gasteiger partial charge in [-0.1, -0.05) is 0 Å². The summed E-state index contributed by atoms with van der Waals surface area (Å²) >= 11 is 0. The number of hydrogen-bond donors (Lipinski definition) is 2. The monoisotopic (exact) mass is 240 g/mol. The number of anilines is 2. The van der Waals surface area contributed by atoms with Crippen molar-refractivity contribution in [1.29, 1.82) is 0 Å². The largest absolute Gasteiger partial charge is 0.465 e. The van der Waals surface area contributed by atoms with E-state index in [2.05, 4.69) is 0 Å². The maximum Gasteiger partial charge on any atom is 0.409 e. The zero-order valence-corrected chi connectivity index (χ0v) is 9.15. The third-order valence-corrected chi connectivity index (χ3v) is 2.57. The van der Waals surface area contributed by atoms with Gasteiger partial charge in [0, 0.05) is 18.8 Å². The molecule has 0 radical (unpaired) electrons. The molecule has 1 amide bonds. The number of ether oxygens (including phenoxy) is 1. The molecule has 5 nitrogen and oxygen atoms in total. The van der Waals surface area contributed by atoms with Gasteiger partial charge in [0.1, 0.15) is 5.82 Å². The van der Waals surface area contributed by atoms with Gasteiger partial charge in [0.25, 0.3) is 0 Å². The fraction of sp³-hybridized carbons (Fsp3) is 0.364. The van der Waals surface area contributed by atoms with Crippen molar-refractivity contribution in [2.24, 2.45) is 0 Å². The molecule has 0 aliphatic carbocycles. The van der Waals surface area contributed by atoms with Crippen LogP contribution in [0.2, 0.25) is 0 Å². The zero-order chi connectivity index (χ0) is 12.3.